The molecule has 1 aromatic carbocycles. The zero-order valence-electron chi connectivity index (χ0n) is 22.3. The van der Waals surface area contributed by atoms with Crippen molar-refractivity contribution in [2.24, 2.45) is 11.8 Å². The third-order valence-corrected chi connectivity index (χ3v) is 8.84. The van der Waals surface area contributed by atoms with Crippen LogP contribution in [0.1, 0.15) is 6.92 Å². The lowest BCUT2D eigenvalue weighted by atomic mass is 9.74. The first-order valence-electron chi connectivity index (χ1n) is 13.8. The molecule has 3 fully saturated rings. The van der Waals surface area contributed by atoms with Gasteiger partial charge >= 0.3 is 0 Å². The number of carbonyl (C=O) groups excluding carboxylic acids is 3. The highest BCUT2D eigenvalue weighted by Crippen LogP contribution is 2.57. The number of nitrogens with zero attached hydrogens (tertiary/aromatic N) is 4. The first-order valence-corrected chi connectivity index (χ1v) is 13.8. The minimum Gasteiger partial charge on any atom is -0.395 e. The van der Waals surface area contributed by atoms with Gasteiger partial charge in [0.05, 0.1) is 37.3 Å². The normalized spacial score (nSPS) is 34.7. The Kier molecular flexibility index (Phi) is 6.83. The Morgan fingerprint density at radius 1 is 0.897 bits per heavy atom. The Morgan fingerprint density at radius 2 is 1.64 bits per heavy atom. The summed E-state index contributed by atoms with van der Waals surface area (Å²) >= 11 is 0. The lowest BCUT2D eigenvalue weighted by Gasteiger charge is -2.37. The van der Waals surface area contributed by atoms with Gasteiger partial charge in [-0.15, -0.1) is 0 Å². The fraction of sp³-hybridized carbons (Fsp3) is 0.552. The van der Waals surface area contributed by atoms with E-state index in [1.807, 2.05) is 61.6 Å². The van der Waals surface area contributed by atoms with Crippen molar-refractivity contribution in [2.45, 2.75) is 24.2 Å². The van der Waals surface area contributed by atoms with E-state index in [4.69, 9.17) is 9.47 Å². The minimum atomic E-state index is -1.31. The predicted octanol–water partition coefficient (Wildman–Crippen LogP) is 0.283. The molecule has 10 heteroatoms. The number of ether oxygens (including phenoxy) is 2. The van der Waals surface area contributed by atoms with Crippen molar-refractivity contribution >= 4 is 23.4 Å². The molecule has 0 bridgehead atoms. The number of aliphatic hydroxyl groups excluding tert-OH is 1. The molecule has 0 aliphatic carbocycles. The second-order valence-corrected chi connectivity index (χ2v) is 11.1. The van der Waals surface area contributed by atoms with E-state index < -0.39 is 29.1 Å². The van der Waals surface area contributed by atoms with Crippen LogP contribution < -0.4 is 4.90 Å². The number of carbonyl (C=O) groups is 3. The second-order valence-electron chi connectivity index (χ2n) is 11.1. The first kappa shape index (κ1) is 26.2. The van der Waals surface area contributed by atoms with Crippen LogP contribution in [-0.4, -0.2) is 120 Å². The average Bonchev–Trinajstić information content (AvgIpc) is 3.20. The molecule has 1 N–H and O–H groups in total. The van der Waals surface area contributed by atoms with E-state index in [0.717, 1.165) is 18.8 Å². The van der Waals surface area contributed by atoms with Gasteiger partial charge in [-0.1, -0.05) is 42.5 Å². The number of morpholine rings is 1. The molecular formula is C29H36N4O6. The smallest absolute Gasteiger partial charge is 0.249 e. The molecule has 5 aliphatic rings. The van der Waals surface area contributed by atoms with Gasteiger partial charge in [-0.3, -0.25) is 19.3 Å². The van der Waals surface area contributed by atoms with Crippen LogP contribution >= 0.6 is 0 Å². The third kappa shape index (κ3) is 4.21. The number of likely N-dealkylation sites (tertiary alicyclic amines) is 1. The number of amides is 3. The molecule has 1 aromatic rings. The van der Waals surface area contributed by atoms with Crippen molar-refractivity contribution in [1.29, 1.82) is 0 Å². The highest BCUT2D eigenvalue weighted by Gasteiger charge is 2.74. The van der Waals surface area contributed by atoms with Crippen LogP contribution in [0.25, 0.3) is 0 Å². The summed E-state index contributed by atoms with van der Waals surface area (Å²) in [5.74, 6) is -2.46. The maximum atomic E-state index is 14.2. The van der Waals surface area contributed by atoms with Gasteiger partial charge < -0.3 is 29.3 Å². The third-order valence-electron chi connectivity index (χ3n) is 8.84. The summed E-state index contributed by atoms with van der Waals surface area (Å²) in [6, 6.07) is 8.43. The highest BCUT2D eigenvalue weighted by atomic mass is 16.5. The summed E-state index contributed by atoms with van der Waals surface area (Å²) < 4.78 is 12.2. The van der Waals surface area contributed by atoms with E-state index in [0.29, 0.717) is 39.4 Å². The van der Waals surface area contributed by atoms with Crippen LogP contribution in [0.3, 0.4) is 0 Å². The zero-order valence-corrected chi connectivity index (χ0v) is 22.3. The molecule has 0 radical (unpaired) electrons. The van der Waals surface area contributed by atoms with Crippen molar-refractivity contribution in [3.63, 3.8) is 0 Å². The number of aliphatic hydroxyl groups is 1. The van der Waals surface area contributed by atoms with Crippen LogP contribution in [0.4, 0.5) is 5.69 Å². The van der Waals surface area contributed by atoms with E-state index in [-0.39, 0.29) is 30.9 Å². The molecule has 39 heavy (non-hydrogen) atoms. The summed E-state index contributed by atoms with van der Waals surface area (Å²) in [6.45, 7) is 6.49. The molecule has 3 saturated heterocycles. The van der Waals surface area contributed by atoms with Crippen molar-refractivity contribution in [3.05, 3.63) is 54.6 Å². The number of benzene rings is 1. The topological polar surface area (TPSA) is 103 Å². The van der Waals surface area contributed by atoms with E-state index in [1.54, 1.807) is 9.80 Å². The van der Waals surface area contributed by atoms with Crippen molar-refractivity contribution in [2.75, 3.05) is 70.5 Å². The van der Waals surface area contributed by atoms with Gasteiger partial charge in [-0.05, 0) is 19.1 Å². The highest BCUT2D eigenvalue weighted by molar-refractivity contribution is 6.04. The second kappa shape index (κ2) is 10.2. The number of β-amino-alcohol motifs (C(OH)–C–C–N with tert-alkyl or cyclic N) is 1. The van der Waals surface area contributed by atoms with Gasteiger partial charge in [0, 0.05) is 51.5 Å². The number of rotatable bonds is 6. The molecule has 0 aromatic heterocycles. The number of hydrogen-bond donors (Lipinski definition) is 1. The summed E-state index contributed by atoms with van der Waals surface area (Å²) in [5, 5.41) is 9.88. The summed E-state index contributed by atoms with van der Waals surface area (Å²) in [4.78, 5) is 49.7. The molecule has 6 rings (SSSR count). The zero-order chi connectivity index (χ0) is 27.2. The predicted molar refractivity (Wildman–Crippen MR) is 143 cm³/mol. The number of hydrogen-bond acceptors (Lipinski definition) is 7. The van der Waals surface area contributed by atoms with E-state index >= 15 is 0 Å². The van der Waals surface area contributed by atoms with E-state index in [2.05, 4.69) is 4.90 Å². The summed E-state index contributed by atoms with van der Waals surface area (Å²) in [5.41, 5.74) is -1.64. The van der Waals surface area contributed by atoms with Gasteiger partial charge in [0.15, 0.2) is 0 Å². The monoisotopic (exact) mass is 536 g/mol. The Balaban J connectivity index is 1.36. The van der Waals surface area contributed by atoms with Gasteiger partial charge in [0.25, 0.3) is 0 Å². The molecule has 3 amide bonds. The van der Waals surface area contributed by atoms with Gasteiger partial charge in [-0.25, -0.2) is 0 Å². The maximum Gasteiger partial charge on any atom is 0.249 e. The summed E-state index contributed by atoms with van der Waals surface area (Å²) in [7, 11) is 0. The van der Waals surface area contributed by atoms with Crippen LogP contribution in [0.2, 0.25) is 0 Å². The molecule has 208 valence electrons. The first-order chi connectivity index (χ1) is 18.9. The molecule has 0 saturated carbocycles. The molecule has 5 atom stereocenters. The van der Waals surface area contributed by atoms with Gasteiger partial charge in [-0.2, -0.15) is 0 Å². The fourth-order valence-electron chi connectivity index (χ4n) is 7.04. The molecule has 1 spiro atoms. The van der Waals surface area contributed by atoms with Crippen LogP contribution in [0.15, 0.2) is 54.6 Å². The fourth-order valence-corrected chi connectivity index (χ4v) is 7.04. The Morgan fingerprint density at radius 3 is 2.38 bits per heavy atom. The molecular weight excluding hydrogens is 500 g/mol. The molecule has 10 nitrogen and oxygen atoms in total. The standard InChI is InChI=1S/C29H36N4O6/c1-28-9-5-12-32(21-7-3-2-4-8-21)25(35)22(28)23-26(36)33(15-18-34)24-27(37)31(11-6-10-29(23,24)39-28)14-13-30-16-19-38-20-17-30/h2-10,22-24,34H,11-20H2,1H3/t22-,23-,24?,28+,29-/m0/s1. The van der Waals surface area contributed by atoms with Crippen LogP contribution in [0.5, 0.6) is 0 Å². The molecule has 5 aliphatic heterocycles. The van der Waals surface area contributed by atoms with E-state index in [9.17, 15) is 19.5 Å². The van der Waals surface area contributed by atoms with Crippen molar-refractivity contribution < 1.29 is 29.0 Å². The Hall–Kier alpha value is -3.05. The van der Waals surface area contributed by atoms with Gasteiger partial charge in [0.1, 0.15) is 11.6 Å². The van der Waals surface area contributed by atoms with E-state index in [1.165, 1.54) is 4.90 Å². The lowest BCUT2D eigenvalue weighted by Crippen LogP contribution is -2.57. The van der Waals surface area contributed by atoms with Crippen LogP contribution in [-0.2, 0) is 23.9 Å². The van der Waals surface area contributed by atoms with Crippen molar-refractivity contribution in [1.82, 2.24) is 14.7 Å². The average molecular weight is 537 g/mol. The molecule has 5 heterocycles. The Bertz CT molecular complexity index is 1180. The largest absolute Gasteiger partial charge is 0.395 e. The Labute approximate surface area is 228 Å². The quantitative estimate of drug-likeness (QED) is 0.521. The lowest BCUT2D eigenvalue weighted by molar-refractivity contribution is -0.151. The molecule has 1 unspecified atom stereocenters. The number of anilines is 1. The number of fused-ring (bicyclic) bond motifs is 2. The summed E-state index contributed by atoms with van der Waals surface area (Å²) in [6.07, 6.45) is 7.53. The number of para-hydroxylation sites is 1. The SMILES string of the molecule is C[C@@]12C=CCN(c3ccccc3)C(=O)[C@@H]1[C@H]1C(=O)N(CCO)C3C(=O)N(CCN4CCOCC4)CC=C[C@@]31O2. The van der Waals surface area contributed by atoms with Gasteiger partial charge in [0.2, 0.25) is 17.7 Å². The van der Waals surface area contributed by atoms with Crippen molar-refractivity contribution in [3.8, 4) is 0 Å². The van der Waals surface area contributed by atoms with Crippen LogP contribution in [0, 0.1) is 11.8 Å². The minimum absolute atomic E-state index is 0.00213. The maximum absolute atomic E-state index is 14.2.